The van der Waals surface area contributed by atoms with Crippen LogP contribution < -0.4 is 5.32 Å². The van der Waals surface area contributed by atoms with Crippen LogP contribution in [0.2, 0.25) is 0 Å². The fraction of sp³-hybridized carbons (Fsp3) is 0.222. The zero-order valence-corrected chi connectivity index (χ0v) is 13.7. The topological polar surface area (TPSA) is 98.5 Å². The molecular formula is C18H18N2O5. The van der Waals surface area contributed by atoms with Crippen LogP contribution in [0.15, 0.2) is 48.5 Å². The number of carbonyl (C=O) groups excluding carboxylic acids is 2. The third-order valence-electron chi connectivity index (χ3n) is 3.63. The van der Waals surface area contributed by atoms with Crippen LogP contribution in [0.1, 0.15) is 21.5 Å². The van der Waals surface area contributed by atoms with Gasteiger partial charge in [0.2, 0.25) is 0 Å². The third-order valence-corrected chi connectivity index (χ3v) is 3.63. The predicted molar refractivity (Wildman–Crippen MR) is 91.3 cm³/mol. The minimum Gasteiger partial charge on any atom is -0.452 e. The van der Waals surface area contributed by atoms with Crippen LogP contribution in [0.25, 0.3) is 0 Å². The molecule has 1 N–H and O–H groups in total. The Morgan fingerprint density at radius 2 is 1.80 bits per heavy atom. The standard InChI is InChI=1S/C18H18N2O5/c1-13-6-2-3-7-14(13)10-11-19-17(21)12-25-18(22)15-8-4-5-9-16(15)20(23)24/h2-9H,10-12H2,1H3,(H,19,21). The molecule has 2 aromatic carbocycles. The zero-order chi connectivity index (χ0) is 18.2. The molecule has 0 unspecified atom stereocenters. The molecule has 25 heavy (non-hydrogen) atoms. The lowest BCUT2D eigenvalue weighted by atomic mass is 10.1. The van der Waals surface area contributed by atoms with Crippen molar-refractivity contribution < 1.29 is 19.2 Å². The fourth-order valence-electron chi connectivity index (χ4n) is 2.29. The van der Waals surface area contributed by atoms with E-state index in [9.17, 15) is 19.7 Å². The first-order valence-corrected chi connectivity index (χ1v) is 7.71. The zero-order valence-electron chi connectivity index (χ0n) is 13.7. The van der Waals surface area contributed by atoms with Crippen molar-refractivity contribution >= 4 is 17.6 Å². The maximum absolute atomic E-state index is 11.9. The lowest BCUT2D eigenvalue weighted by Gasteiger charge is -2.08. The molecule has 130 valence electrons. The first-order valence-electron chi connectivity index (χ1n) is 7.71. The van der Waals surface area contributed by atoms with E-state index in [4.69, 9.17) is 4.74 Å². The van der Waals surface area contributed by atoms with Crippen LogP contribution >= 0.6 is 0 Å². The second-order valence-electron chi connectivity index (χ2n) is 5.38. The number of nitro groups is 1. The van der Waals surface area contributed by atoms with E-state index in [1.807, 2.05) is 31.2 Å². The molecule has 7 nitrogen and oxygen atoms in total. The van der Waals surface area contributed by atoms with Crippen molar-refractivity contribution in [2.45, 2.75) is 13.3 Å². The Morgan fingerprint density at radius 1 is 1.12 bits per heavy atom. The van der Waals surface area contributed by atoms with Gasteiger partial charge < -0.3 is 10.1 Å². The highest BCUT2D eigenvalue weighted by atomic mass is 16.6. The summed E-state index contributed by atoms with van der Waals surface area (Å²) in [6.07, 6.45) is 0.663. The number of nitrogens with one attached hydrogen (secondary N) is 1. The molecule has 0 radical (unpaired) electrons. The van der Waals surface area contributed by atoms with E-state index < -0.39 is 23.4 Å². The fourth-order valence-corrected chi connectivity index (χ4v) is 2.29. The highest BCUT2D eigenvalue weighted by Crippen LogP contribution is 2.18. The van der Waals surface area contributed by atoms with Crippen LogP contribution in [-0.2, 0) is 16.0 Å². The first kappa shape index (κ1) is 18.1. The Hall–Kier alpha value is -3.22. The number of hydrogen-bond donors (Lipinski definition) is 1. The molecule has 0 spiro atoms. The number of carbonyl (C=O) groups is 2. The average Bonchev–Trinajstić information content (AvgIpc) is 2.61. The molecular weight excluding hydrogens is 324 g/mol. The minimum atomic E-state index is -0.902. The monoisotopic (exact) mass is 342 g/mol. The summed E-state index contributed by atoms with van der Waals surface area (Å²) in [7, 11) is 0. The van der Waals surface area contributed by atoms with Crippen molar-refractivity contribution in [3.63, 3.8) is 0 Å². The van der Waals surface area contributed by atoms with Crippen LogP contribution in [0, 0.1) is 17.0 Å². The van der Waals surface area contributed by atoms with Gasteiger partial charge in [0.15, 0.2) is 6.61 Å². The Labute approximate surface area is 144 Å². The van der Waals surface area contributed by atoms with E-state index in [0.29, 0.717) is 13.0 Å². The summed E-state index contributed by atoms with van der Waals surface area (Å²) in [6.45, 7) is 1.91. The van der Waals surface area contributed by atoms with Crippen molar-refractivity contribution in [1.82, 2.24) is 5.32 Å². The van der Waals surface area contributed by atoms with Crippen molar-refractivity contribution in [2.75, 3.05) is 13.2 Å². The molecule has 0 aliphatic rings. The molecule has 0 aliphatic heterocycles. The Morgan fingerprint density at radius 3 is 2.52 bits per heavy atom. The number of aryl methyl sites for hydroxylation is 1. The summed E-state index contributed by atoms with van der Waals surface area (Å²) in [6, 6.07) is 13.3. The summed E-state index contributed by atoms with van der Waals surface area (Å²) < 4.78 is 4.85. The number of para-hydroxylation sites is 1. The number of ether oxygens (including phenoxy) is 1. The molecule has 0 heterocycles. The number of amides is 1. The summed E-state index contributed by atoms with van der Waals surface area (Å²) in [5.74, 6) is -1.36. The molecule has 0 aliphatic carbocycles. The van der Waals surface area contributed by atoms with E-state index in [-0.39, 0.29) is 11.3 Å². The van der Waals surface area contributed by atoms with E-state index in [2.05, 4.69) is 5.32 Å². The van der Waals surface area contributed by atoms with Gasteiger partial charge >= 0.3 is 5.97 Å². The number of nitro benzene ring substituents is 1. The van der Waals surface area contributed by atoms with Gasteiger partial charge in [-0.1, -0.05) is 36.4 Å². The van der Waals surface area contributed by atoms with Crippen LogP contribution in [0.3, 0.4) is 0 Å². The van der Waals surface area contributed by atoms with Gasteiger partial charge in [0.25, 0.3) is 11.6 Å². The molecule has 0 saturated carbocycles. The van der Waals surface area contributed by atoms with Gasteiger partial charge in [-0.25, -0.2) is 4.79 Å². The van der Waals surface area contributed by atoms with E-state index in [1.165, 1.54) is 24.3 Å². The Balaban J connectivity index is 1.81. The average molecular weight is 342 g/mol. The number of benzene rings is 2. The van der Waals surface area contributed by atoms with Crippen molar-refractivity contribution in [3.8, 4) is 0 Å². The lowest BCUT2D eigenvalue weighted by Crippen LogP contribution is -2.30. The maximum Gasteiger partial charge on any atom is 0.345 e. The van der Waals surface area contributed by atoms with Crippen molar-refractivity contribution in [1.29, 1.82) is 0 Å². The van der Waals surface area contributed by atoms with Gasteiger partial charge in [-0.05, 0) is 30.5 Å². The Bertz CT molecular complexity index is 789. The van der Waals surface area contributed by atoms with Crippen LogP contribution in [0.4, 0.5) is 5.69 Å². The minimum absolute atomic E-state index is 0.180. The number of nitrogens with zero attached hydrogens (tertiary/aromatic N) is 1. The molecule has 2 rings (SSSR count). The molecule has 0 aromatic heterocycles. The van der Waals surface area contributed by atoms with Gasteiger partial charge in [-0.3, -0.25) is 14.9 Å². The quantitative estimate of drug-likeness (QED) is 0.473. The van der Waals surface area contributed by atoms with Gasteiger partial charge in [-0.2, -0.15) is 0 Å². The summed E-state index contributed by atoms with van der Waals surface area (Å²) >= 11 is 0. The van der Waals surface area contributed by atoms with Gasteiger partial charge in [-0.15, -0.1) is 0 Å². The number of hydrogen-bond acceptors (Lipinski definition) is 5. The molecule has 0 bridgehead atoms. The highest BCUT2D eigenvalue weighted by Gasteiger charge is 2.21. The summed E-state index contributed by atoms with van der Waals surface area (Å²) in [5, 5.41) is 13.5. The Kier molecular flexibility index (Phi) is 6.22. The van der Waals surface area contributed by atoms with E-state index in [1.54, 1.807) is 0 Å². The third kappa shape index (κ3) is 5.13. The smallest absolute Gasteiger partial charge is 0.345 e. The number of esters is 1. The SMILES string of the molecule is Cc1ccccc1CCNC(=O)COC(=O)c1ccccc1[N+](=O)[O-]. The highest BCUT2D eigenvalue weighted by molar-refractivity contribution is 5.95. The molecule has 0 saturated heterocycles. The second kappa shape index (κ2) is 8.58. The predicted octanol–water partition coefficient (Wildman–Crippen LogP) is 2.42. The summed E-state index contributed by atoms with van der Waals surface area (Å²) in [5.41, 5.74) is 1.73. The van der Waals surface area contributed by atoms with Gasteiger partial charge in [0, 0.05) is 12.6 Å². The molecule has 0 fully saturated rings. The largest absolute Gasteiger partial charge is 0.452 e. The van der Waals surface area contributed by atoms with Crippen molar-refractivity contribution in [3.05, 3.63) is 75.3 Å². The molecule has 7 heteroatoms. The molecule has 1 amide bonds. The lowest BCUT2D eigenvalue weighted by molar-refractivity contribution is -0.385. The molecule has 2 aromatic rings. The van der Waals surface area contributed by atoms with Gasteiger partial charge in [0.05, 0.1) is 4.92 Å². The normalized spacial score (nSPS) is 10.1. The molecule has 0 atom stereocenters. The first-order chi connectivity index (χ1) is 12.0. The second-order valence-corrected chi connectivity index (χ2v) is 5.38. The van der Waals surface area contributed by atoms with Crippen LogP contribution in [0.5, 0.6) is 0 Å². The van der Waals surface area contributed by atoms with E-state index in [0.717, 1.165) is 11.1 Å². The maximum atomic E-state index is 11.9. The summed E-state index contributed by atoms with van der Waals surface area (Å²) in [4.78, 5) is 33.9. The number of rotatable bonds is 7. The van der Waals surface area contributed by atoms with Crippen molar-refractivity contribution in [2.24, 2.45) is 0 Å². The van der Waals surface area contributed by atoms with Gasteiger partial charge in [0.1, 0.15) is 5.56 Å². The van der Waals surface area contributed by atoms with E-state index >= 15 is 0 Å². The van der Waals surface area contributed by atoms with Crippen LogP contribution in [-0.4, -0.2) is 30.0 Å².